The summed E-state index contributed by atoms with van der Waals surface area (Å²) >= 11 is 0. The van der Waals surface area contributed by atoms with Crippen molar-refractivity contribution in [3.8, 4) is 5.75 Å². The number of rotatable bonds is 2. The van der Waals surface area contributed by atoms with E-state index in [0.29, 0.717) is 17.7 Å². The van der Waals surface area contributed by atoms with E-state index in [4.69, 9.17) is 4.74 Å². The van der Waals surface area contributed by atoms with E-state index in [2.05, 4.69) is 17.6 Å². The molecular formula is C20H26N2O3. The van der Waals surface area contributed by atoms with Crippen LogP contribution < -0.4 is 15.4 Å². The van der Waals surface area contributed by atoms with Crippen LogP contribution in [0.15, 0.2) is 24.3 Å². The van der Waals surface area contributed by atoms with Gasteiger partial charge in [-0.15, -0.1) is 0 Å². The molecule has 1 aromatic carbocycles. The van der Waals surface area contributed by atoms with Gasteiger partial charge in [-0.2, -0.15) is 0 Å². The monoisotopic (exact) mass is 342 g/mol. The highest BCUT2D eigenvalue weighted by atomic mass is 16.5. The van der Waals surface area contributed by atoms with E-state index < -0.39 is 5.72 Å². The van der Waals surface area contributed by atoms with Crippen molar-refractivity contribution in [1.29, 1.82) is 0 Å². The number of fused-ring (bicyclic) bond motifs is 3. The minimum Gasteiger partial charge on any atom is -0.467 e. The van der Waals surface area contributed by atoms with Gasteiger partial charge in [0.2, 0.25) is 5.91 Å². The predicted octanol–water partition coefficient (Wildman–Crippen LogP) is 2.86. The first-order valence-electron chi connectivity index (χ1n) is 9.24. The number of para-hydroxylation sites is 1. The van der Waals surface area contributed by atoms with E-state index in [1.165, 1.54) is 0 Å². The van der Waals surface area contributed by atoms with Crippen molar-refractivity contribution in [2.45, 2.75) is 58.2 Å². The van der Waals surface area contributed by atoms with Crippen molar-refractivity contribution in [2.75, 3.05) is 0 Å². The Morgan fingerprint density at radius 1 is 1.36 bits per heavy atom. The van der Waals surface area contributed by atoms with Crippen molar-refractivity contribution in [2.24, 2.45) is 17.3 Å². The summed E-state index contributed by atoms with van der Waals surface area (Å²) in [4.78, 5) is 25.3. The molecule has 0 unspecified atom stereocenters. The van der Waals surface area contributed by atoms with Crippen molar-refractivity contribution < 1.29 is 14.3 Å². The topological polar surface area (TPSA) is 67.4 Å². The first kappa shape index (κ1) is 16.4. The van der Waals surface area contributed by atoms with Crippen LogP contribution in [-0.2, 0) is 4.79 Å². The second-order valence-electron chi connectivity index (χ2n) is 8.46. The quantitative estimate of drug-likeness (QED) is 0.868. The van der Waals surface area contributed by atoms with Gasteiger partial charge in [0.05, 0.1) is 5.56 Å². The Bertz CT molecular complexity index is 731. The first-order valence-corrected chi connectivity index (χ1v) is 9.24. The highest BCUT2D eigenvalue weighted by molar-refractivity contribution is 5.98. The molecular weight excluding hydrogens is 316 g/mol. The molecule has 3 aliphatic carbocycles. The SMILES string of the molecule is CC(C)NC(=O)[C@@H]1C[C@H]2CC[C@@]1(C)C[C@]21NC(=O)c2ccccc2O1. The van der Waals surface area contributed by atoms with Crippen molar-refractivity contribution in [3.05, 3.63) is 29.8 Å². The molecule has 1 heterocycles. The fourth-order valence-corrected chi connectivity index (χ4v) is 5.04. The summed E-state index contributed by atoms with van der Waals surface area (Å²) in [6.07, 6.45) is 3.42. The first-order chi connectivity index (χ1) is 11.8. The number of nitrogens with one attached hydrogen (secondary N) is 2. The number of carbonyl (C=O) groups is 2. The number of hydrogen-bond donors (Lipinski definition) is 2. The standard InChI is InChI=1S/C20H26N2O3/c1-12(2)21-18(24)15-10-13-8-9-19(15,3)11-20(13)22-17(23)14-6-4-5-7-16(14)25-20/h4-7,12-13,15H,8-11H2,1-3H3,(H,21,24)(H,22,23)/t13-,15+,19+,20-/m1/s1. The molecule has 0 aromatic heterocycles. The lowest BCUT2D eigenvalue weighted by Crippen LogP contribution is -2.69. The van der Waals surface area contributed by atoms with E-state index in [0.717, 1.165) is 19.3 Å². The molecule has 4 atom stereocenters. The third-order valence-electron chi connectivity index (χ3n) is 6.25. The third-order valence-corrected chi connectivity index (χ3v) is 6.25. The Morgan fingerprint density at radius 2 is 2.12 bits per heavy atom. The molecule has 1 aromatic rings. The average Bonchev–Trinajstić information content (AvgIpc) is 2.53. The van der Waals surface area contributed by atoms with Gasteiger partial charge in [0.1, 0.15) is 5.75 Å². The summed E-state index contributed by atoms with van der Waals surface area (Å²) < 4.78 is 6.38. The number of carbonyl (C=O) groups excluding carboxylic acids is 2. The summed E-state index contributed by atoms with van der Waals surface area (Å²) in [7, 11) is 0. The van der Waals surface area contributed by atoms with Crippen molar-refractivity contribution in [1.82, 2.24) is 10.6 Å². The summed E-state index contributed by atoms with van der Waals surface area (Å²) in [5.41, 5.74) is -0.241. The van der Waals surface area contributed by atoms with Gasteiger partial charge >= 0.3 is 0 Å². The van der Waals surface area contributed by atoms with Crippen LogP contribution in [0.4, 0.5) is 0 Å². The molecule has 4 aliphatic rings. The van der Waals surface area contributed by atoms with Crippen LogP contribution in [0.2, 0.25) is 0 Å². The summed E-state index contributed by atoms with van der Waals surface area (Å²) in [6, 6.07) is 7.54. The van der Waals surface area contributed by atoms with Gasteiger partial charge in [-0.1, -0.05) is 19.1 Å². The molecule has 2 amide bonds. The zero-order chi connectivity index (χ0) is 17.8. The molecule has 3 saturated carbocycles. The lowest BCUT2D eigenvalue weighted by Gasteiger charge is -2.59. The molecule has 3 fully saturated rings. The smallest absolute Gasteiger partial charge is 0.258 e. The summed E-state index contributed by atoms with van der Waals surface area (Å²) in [5.74, 6) is 0.873. The second-order valence-corrected chi connectivity index (χ2v) is 8.46. The van der Waals surface area contributed by atoms with E-state index in [9.17, 15) is 9.59 Å². The molecule has 25 heavy (non-hydrogen) atoms. The van der Waals surface area contributed by atoms with E-state index in [1.807, 2.05) is 32.0 Å². The highest BCUT2D eigenvalue weighted by Crippen LogP contribution is 2.58. The van der Waals surface area contributed by atoms with Crippen LogP contribution in [0.1, 0.15) is 56.8 Å². The molecule has 2 bridgehead atoms. The van der Waals surface area contributed by atoms with Crippen LogP contribution >= 0.6 is 0 Å². The van der Waals surface area contributed by atoms with Crippen LogP contribution in [0.25, 0.3) is 0 Å². The largest absolute Gasteiger partial charge is 0.467 e. The van der Waals surface area contributed by atoms with Crippen molar-refractivity contribution >= 4 is 11.8 Å². The zero-order valence-corrected chi connectivity index (χ0v) is 15.1. The highest BCUT2D eigenvalue weighted by Gasteiger charge is 2.61. The number of ether oxygens (including phenoxy) is 1. The van der Waals surface area contributed by atoms with Gasteiger partial charge in [-0.05, 0) is 50.7 Å². The Morgan fingerprint density at radius 3 is 2.84 bits per heavy atom. The van der Waals surface area contributed by atoms with E-state index in [-0.39, 0.29) is 35.1 Å². The normalized spacial score (nSPS) is 35.9. The van der Waals surface area contributed by atoms with Gasteiger partial charge in [-0.3, -0.25) is 9.59 Å². The van der Waals surface area contributed by atoms with Crippen LogP contribution in [-0.4, -0.2) is 23.6 Å². The molecule has 1 aliphatic heterocycles. The number of hydrogen-bond acceptors (Lipinski definition) is 3. The predicted molar refractivity (Wildman–Crippen MR) is 94.1 cm³/mol. The van der Waals surface area contributed by atoms with Gasteiger partial charge in [0.15, 0.2) is 5.72 Å². The minimum atomic E-state index is -0.674. The fraction of sp³-hybridized carbons (Fsp3) is 0.600. The number of amides is 2. The molecule has 134 valence electrons. The van der Waals surface area contributed by atoms with Gasteiger partial charge in [0.25, 0.3) is 5.91 Å². The lowest BCUT2D eigenvalue weighted by atomic mass is 9.52. The fourth-order valence-electron chi connectivity index (χ4n) is 5.04. The number of benzene rings is 1. The molecule has 5 heteroatoms. The third kappa shape index (κ3) is 2.52. The van der Waals surface area contributed by atoms with Crippen LogP contribution in [0, 0.1) is 17.3 Å². The zero-order valence-electron chi connectivity index (χ0n) is 15.1. The minimum absolute atomic E-state index is 0.0167. The van der Waals surface area contributed by atoms with E-state index >= 15 is 0 Å². The molecule has 5 rings (SSSR count). The Balaban J connectivity index is 1.64. The maximum atomic E-state index is 12.7. The molecule has 5 nitrogen and oxygen atoms in total. The van der Waals surface area contributed by atoms with Gasteiger partial charge < -0.3 is 15.4 Å². The van der Waals surface area contributed by atoms with Crippen LogP contribution in [0.3, 0.4) is 0 Å². The Kier molecular flexibility index (Phi) is 3.60. The molecule has 0 saturated heterocycles. The average molecular weight is 342 g/mol. The van der Waals surface area contributed by atoms with Crippen molar-refractivity contribution in [3.63, 3.8) is 0 Å². The van der Waals surface area contributed by atoms with Gasteiger partial charge in [-0.25, -0.2) is 0 Å². The maximum Gasteiger partial charge on any atom is 0.258 e. The van der Waals surface area contributed by atoms with Crippen LogP contribution in [0.5, 0.6) is 5.75 Å². The molecule has 1 spiro atoms. The summed E-state index contributed by atoms with van der Waals surface area (Å²) in [5, 5.41) is 6.22. The summed E-state index contributed by atoms with van der Waals surface area (Å²) in [6.45, 7) is 6.15. The Labute approximate surface area is 148 Å². The van der Waals surface area contributed by atoms with Gasteiger partial charge in [0, 0.05) is 24.3 Å². The maximum absolute atomic E-state index is 12.7. The Hall–Kier alpha value is -2.04. The van der Waals surface area contributed by atoms with E-state index in [1.54, 1.807) is 6.07 Å². The molecule has 0 radical (unpaired) electrons. The molecule has 2 N–H and O–H groups in total. The second kappa shape index (κ2) is 5.48. The lowest BCUT2D eigenvalue weighted by molar-refractivity contribution is -0.167.